The summed E-state index contributed by atoms with van der Waals surface area (Å²) in [6, 6.07) is 5.82. The van der Waals surface area contributed by atoms with Crippen molar-refractivity contribution in [2.75, 3.05) is 18.0 Å². The zero-order valence-electron chi connectivity index (χ0n) is 11.6. The van der Waals surface area contributed by atoms with Gasteiger partial charge in [-0.25, -0.2) is 0 Å². The molecule has 1 aliphatic rings. The van der Waals surface area contributed by atoms with Crippen molar-refractivity contribution in [2.24, 2.45) is 0 Å². The SMILES string of the molecule is CCCCNC(=O)CN1C(=O)CCc2cc(Br)ccc21. The highest BCUT2D eigenvalue weighted by Gasteiger charge is 2.25. The molecule has 0 unspecified atom stereocenters. The lowest BCUT2D eigenvalue weighted by atomic mass is 10.0. The van der Waals surface area contributed by atoms with Crippen LogP contribution in [-0.4, -0.2) is 24.9 Å². The average Bonchev–Trinajstić information content (AvgIpc) is 2.42. The van der Waals surface area contributed by atoms with E-state index in [1.807, 2.05) is 18.2 Å². The van der Waals surface area contributed by atoms with E-state index in [-0.39, 0.29) is 18.4 Å². The minimum Gasteiger partial charge on any atom is -0.355 e. The maximum Gasteiger partial charge on any atom is 0.240 e. The van der Waals surface area contributed by atoms with Crippen LogP contribution in [0.5, 0.6) is 0 Å². The predicted molar refractivity (Wildman–Crippen MR) is 82.7 cm³/mol. The molecule has 1 aliphatic heterocycles. The number of nitrogens with zero attached hydrogens (tertiary/aromatic N) is 1. The Morgan fingerprint density at radius 2 is 2.20 bits per heavy atom. The summed E-state index contributed by atoms with van der Waals surface area (Å²) in [5.74, 6) is -0.0759. The average molecular weight is 339 g/mol. The van der Waals surface area contributed by atoms with Gasteiger partial charge in [-0.1, -0.05) is 29.3 Å². The number of unbranched alkanes of at least 4 members (excludes halogenated alkanes) is 1. The highest BCUT2D eigenvalue weighted by molar-refractivity contribution is 9.10. The Bertz CT molecular complexity index is 517. The molecule has 5 heteroatoms. The number of rotatable bonds is 5. The Balaban J connectivity index is 2.07. The van der Waals surface area contributed by atoms with Crippen LogP contribution in [0.4, 0.5) is 5.69 Å². The minimum absolute atomic E-state index is 0.0189. The monoisotopic (exact) mass is 338 g/mol. The number of anilines is 1. The van der Waals surface area contributed by atoms with Gasteiger partial charge < -0.3 is 10.2 Å². The van der Waals surface area contributed by atoms with Crippen molar-refractivity contribution in [2.45, 2.75) is 32.6 Å². The van der Waals surface area contributed by atoms with Gasteiger partial charge >= 0.3 is 0 Å². The predicted octanol–water partition coefficient (Wildman–Crippen LogP) is 2.64. The third-order valence-electron chi connectivity index (χ3n) is 3.40. The second kappa shape index (κ2) is 6.88. The number of aryl methyl sites for hydroxylation is 1. The number of benzene rings is 1. The summed E-state index contributed by atoms with van der Waals surface area (Å²) in [6.45, 7) is 2.86. The first kappa shape index (κ1) is 15.0. The van der Waals surface area contributed by atoms with E-state index in [2.05, 4.69) is 28.2 Å². The first-order valence-corrected chi connectivity index (χ1v) is 7.76. The number of fused-ring (bicyclic) bond motifs is 1. The molecule has 2 amide bonds. The third kappa shape index (κ3) is 3.60. The standard InChI is InChI=1S/C15H19BrN2O2/c1-2-3-8-17-14(19)10-18-13-6-5-12(16)9-11(13)4-7-15(18)20/h5-6,9H,2-4,7-8,10H2,1H3,(H,17,19). The summed E-state index contributed by atoms with van der Waals surface area (Å²) < 4.78 is 0.998. The molecule has 0 spiro atoms. The smallest absolute Gasteiger partial charge is 0.240 e. The van der Waals surface area contributed by atoms with Gasteiger partial charge in [-0.15, -0.1) is 0 Å². The third-order valence-corrected chi connectivity index (χ3v) is 3.89. The van der Waals surface area contributed by atoms with E-state index in [0.29, 0.717) is 13.0 Å². The molecule has 0 saturated carbocycles. The van der Waals surface area contributed by atoms with Crippen LogP contribution in [0.1, 0.15) is 31.7 Å². The fourth-order valence-electron chi connectivity index (χ4n) is 2.31. The number of halogens is 1. The van der Waals surface area contributed by atoms with E-state index >= 15 is 0 Å². The van der Waals surface area contributed by atoms with Crippen molar-refractivity contribution in [1.29, 1.82) is 0 Å². The van der Waals surface area contributed by atoms with Gasteiger partial charge in [0, 0.05) is 23.1 Å². The zero-order chi connectivity index (χ0) is 14.5. The number of hydrogen-bond donors (Lipinski definition) is 1. The van der Waals surface area contributed by atoms with Crippen LogP contribution in [0.3, 0.4) is 0 Å². The number of carbonyl (C=O) groups excluding carboxylic acids is 2. The minimum atomic E-state index is -0.0948. The second-order valence-corrected chi connectivity index (χ2v) is 5.87. The van der Waals surface area contributed by atoms with E-state index in [4.69, 9.17) is 0 Å². The fraction of sp³-hybridized carbons (Fsp3) is 0.467. The van der Waals surface area contributed by atoms with Gasteiger partial charge in [0.2, 0.25) is 11.8 Å². The quantitative estimate of drug-likeness (QED) is 0.839. The molecule has 1 aromatic carbocycles. The maximum atomic E-state index is 12.0. The zero-order valence-corrected chi connectivity index (χ0v) is 13.2. The van der Waals surface area contributed by atoms with Crippen LogP contribution < -0.4 is 10.2 Å². The molecule has 2 rings (SSSR count). The molecule has 0 aromatic heterocycles. The molecule has 0 bridgehead atoms. The first-order valence-electron chi connectivity index (χ1n) is 6.97. The number of amides is 2. The van der Waals surface area contributed by atoms with Crippen LogP contribution in [0, 0.1) is 0 Å². The van der Waals surface area contributed by atoms with Gasteiger partial charge in [-0.2, -0.15) is 0 Å². The van der Waals surface area contributed by atoms with Crippen LogP contribution in [0.15, 0.2) is 22.7 Å². The van der Waals surface area contributed by atoms with Crippen molar-refractivity contribution >= 4 is 33.4 Å². The van der Waals surface area contributed by atoms with Crippen molar-refractivity contribution in [3.05, 3.63) is 28.2 Å². The highest BCUT2D eigenvalue weighted by atomic mass is 79.9. The molecule has 4 nitrogen and oxygen atoms in total. The van der Waals surface area contributed by atoms with Crippen molar-refractivity contribution in [3.63, 3.8) is 0 Å². The lowest BCUT2D eigenvalue weighted by molar-refractivity contribution is -0.124. The molecule has 1 heterocycles. The molecular weight excluding hydrogens is 320 g/mol. The Morgan fingerprint density at radius 3 is 2.95 bits per heavy atom. The number of carbonyl (C=O) groups is 2. The normalized spacial score (nSPS) is 14.1. The molecule has 0 radical (unpaired) electrons. The van der Waals surface area contributed by atoms with E-state index in [1.165, 1.54) is 0 Å². The molecule has 0 fully saturated rings. The van der Waals surface area contributed by atoms with Crippen LogP contribution in [0.25, 0.3) is 0 Å². The van der Waals surface area contributed by atoms with E-state index in [0.717, 1.165) is 35.0 Å². The lowest BCUT2D eigenvalue weighted by Crippen LogP contribution is -2.43. The van der Waals surface area contributed by atoms with Gasteiger partial charge in [-0.3, -0.25) is 9.59 Å². The van der Waals surface area contributed by atoms with Crippen molar-refractivity contribution in [1.82, 2.24) is 5.32 Å². The maximum absolute atomic E-state index is 12.0. The van der Waals surface area contributed by atoms with Gasteiger partial charge in [-0.05, 0) is 36.6 Å². The van der Waals surface area contributed by atoms with Gasteiger partial charge in [0.1, 0.15) is 6.54 Å². The Hall–Kier alpha value is -1.36. The van der Waals surface area contributed by atoms with Crippen LogP contribution >= 0.6 is 15.9 Å². The molecule has 1 aromatic rings. The van der Waals surface area contributed by atoms with Crippen LogP contribution in [-0.2, 0) is 16.0 Å². The van der Waals surface area contributed by atoms with Gasteiger partial charge in [0.25, 0.3) is 0 Å². The second-order valence-electron chi connectivity index (χ2n) is 4.96. The summed E-state index contributed by atoms with van der Waals surface area (Å²) in [6.07, 6.45) is 3.20. The molecule has 108 valence electrons. The summed E-state index contributed by atoms with van der Waals surface area (Å²) in [7, 11) is 0. The summed E-state index contributed by atoms with van der Waals surface area (Å²) in [5.41, 5.74) is 1.97. The van der Waals surface area contributed by atoms with Gasteiger partial charge in [0.15, 0.2) is 0 Å². The largest absolute Gasteiger partial charge is 0.355 e. The highest BCUT2D eigenvalue weighted by Crippen LogP contribution is 2.30. The summed E-state index contributed by atoms with van der Waals surface area (Å²) in [5, 5.41) is 2.85. The van der Waals surface area contributed by atoms with Crippen molar-refractivity contribution < 1.29 is 9.59 Å². The molecule has 0 saturated heterocycles. The first-order chi connectivity index (χ1) is 9.61. The van der Waals surface area contributed by atoms with Crippen LogP contribution in [0.2, 0.25) is 0 Å². The summed E-state index contributed by atoms with van der Waals surface area (Å²) >= 11 is 3.44. The fourth-order valence-corrected chi connectivity index (χ4v) is 2.71. The van der Waals surface area contributed by atoms with Crippen molar-refractivity contribution in [3.8, 4) is 0 Å². The molecule has 1 N–H and O–H groups in total. The Morgan fingerprint density at radius 1 is 1.40 bits per heavy atom. The van der Waals surface area contributed by atoms with Gasteiger partial charge in [0.05, 0.1) is 0 Å². The molecule has 20 heavy (non-hydrogen) atoms. The lowest BCUT2D eigenvalue weighted by Gasteiger charge is -2.29. The molecular formula is C15H19BrN2O2. The van der Waals surface area contributed by atoms with E-state index in [9.17, 15) is 9.59 Å². The topological polar surface area (TPSA) is 49.4 Å². The Labute approximate surface area is 127 Å². The number of hydrogen-bond acceptors (Lipinski definition) is 2. The van der Waals surface area contributed by atoms with E-state index < -0.39 is 0 Å². The summed E-state index contributed by atoms with van der Waals surface area (Å²) in [4.78, 5) is 25.5. The molecule has 0 aliphatic carbocycles. The van der Waals surface area contributed by atoms with E-state index in [1.54, 1.807) is 4.90 Å². The molecule has 0 atom stereocenters. The number of nitrogens with one attached hydrogen (secondary N) is 1. The Kier molecular flexibility index (Phi) is 5.17.